The Hall–Kier alpha value is -2.42. The van der Waals surface area contributed by atoms with E-state index in [1.54, 1.807) is 6.08 Å². The quantitative estimate of drug-likeness (QED) is 0.859. The Bertz CT molecular complexity index is 634. The summed E-state index contributed by atoms with van der Waals surface area (Å²) >= 11 is 0. The Morgan fingerprint density at radius 2 is 1.94 bits per heavy atom. The van der Waals surface area contributed by atoms with Crippen LogP contribution in [0.2, 0.25) is 0 Å². The van der Waals surface area contributed by atoms with Gasteiger partial charge in [0.2, 0.25) is 0 Å². The summed E-state index contributed by atoms with van der Waals surface area (Å²) in [5.74, 6) is -0.874. The number of aliphatic imine (C=N–C) groups is 1. The molecular weight excluding hydrogens is 226 g/mol. The van der Waals surface area contributed by atoms with Gasteiger partial charge >= 0.3 is 5.97 Å². The third-order valence-electron chi connectivity index (χ3n) is 3.05. The van der Waals surface area contributed by atoms with Crippen molar-refractivity contribution >= 4 is 17.4 Å². The molecule has 3 nitrogen and oxygen atoms in total. The highest BCUT2D eigenvalue weighted by Gasteiger charge is 2.21. The summed E-state index contributed by atoms with van der Waals surface area (Å²) in [6, 6.07) is 9.89. The summed E-state index contributed by atoms with van der Waals surface area (Å²) < 4.78 is 0. The number of aliphatic carboxylic acids is 1. The highest BCUT2D eigenvalue weighted by atomic mass is 16.4. The van der Waals surface area contributed by atoms with Crippen LogP contribution in [0.1, 0.15) is 12.0 Å². The lowest BCUT2D eigenvalue weighted by atomic mass is 9.97. The van der Waals surface area contributed by atoms with Crippen molar-refractivity contribution in [3.05, 3.63) is 65.3 Å². The van der Waals surface area contributed by atoms with Crippen LogP contribution in [0.25, 0.3) is 5.70 Å². The second-order valence-electron chi connectivity index (χ2n) is 4.25. The maximum Gasteiger partial charge on any atom is 0.331 e. The third-order valence-corrected chi connectivity index (χ3v) is 3.05. The van der Waals surface area contributed by atoms with Crippen molar-refractivity contribution in [3.8, 4) is 0 Å². The molecule has 1 aromatic rings. The maximum atomic E-state index is 10.9. The molecule has 1 N–H and O–H groups in total. The first-order chi connectivity index (χ1) is 8.74. The summed E-state index contributed by atoms with van der Waals surface area (Å²) in [7, 11) is 0. The van der Waals surface area contributed by atoms with Crippen LogP contribution in [0.3, 0.4) is 0 Å². The van der Waals surface area contributed by atoms with Crippen molar-refractivity contribution < 1.29 is 9.90 Å². The Morgan fingerprint density at radius 1 is 1.17 bits per heavy atom. The van der Waals surface area contributed by atoms with Gasteiger partial charge in [-0.15, -0.1) is 0 Å². The number of hydrogen-bond donors (Lipinski definition) is 1. The van der Waals surface area contributed by atoms with E-state index in [4.69, 9.17) is 5.11 Å². The summed E-state index contributed by atoms with van der Waals surface area (Å²) in [5.41, 5.74) is 4.20. The van der Waals surface area contributed by atoms with E-state index in [0.29, 0.717) is 12.0 Å². The van der Waals surface area contributed by atoms with Gasteiger partial charge in [-0.05, 0) is 11.6 Å². The van der Waals surface area contributed by atoms with E-state index in [0.717, 1.165) is 22.5 Å². The van der Waals surface area contributed by atoms with Crippen molar-refractivity contribution in [3.63, 3.8) is 0 Å². The Balaban J connectivity index is 1.94. The van der Waals surface area contributed by atoms with E-state index < -0.39 is 5.97 Å². The topological polar surface area (TPSA) is 49.7 Å². The summed E-state index contributed by atoms with van der Waals surface area (Å²) in [6.07, 6.45) is 5.87. The molecule has 88 valence electrons. The van der Waals surface area contributed by atoms with Gasteiger partial charge in [-0.25, -0.2) is 4.79 Å². The lowest BCUT2D eigenvalue weighted by Gasteiger charge is -2.08. The average Bonchev–Trinajstić information content (AvgIpc) is 2.82. The lowest BCUT2D eigenvalue weighted by molar-refractivity contribution is -0.132. The smallest absolute Gasteiger partial charge is 0.331 e. The van der Waals surface area contributed by atoms with Crippen LogP contribution >= 0.6 is 0 Å². The molecule has 0 saturated carbocycles. The molecule has 0 unspecified atom stereocenters. The Morgan fingerprint density at radius 3 is 2.67 bits per heavy atom. The first kappa shape index (κ1) is 10.7. The molecule has 1 aliphatic heterocycles. The molecule has 1 aromatic carbocycles. The second kappa shape index (κ2) is 4.11. The van der Waals surface area contributed by atoms with E-state index >= 15 is 0 Å². The minimum absolute atomic E-state index is 0.389. The fourth-order valence-electron chi connectivity index (χ4n) is 2.09. The standard InChI is InChI=1S/C15H11NO2/c17-15(18)12-7-6-11-8-13(16-14(11)9-12)10-4-2-1-3-5-10/h1-8H,9H2,(H,17,18). The molecule has 0 saturated heterocycles. The van der Waals surface area contributed by atoms with Gasteiger partial charge in [0.25, 0.3) is 0 Å². The van der Waals surface area contributed by atoms with Gasteiger partial charge < -0.3 is 5.11 Å². The normalized spacial score (nSPS) is 17.3. The maximum absolute atomic E-state index is 10.9. The van der Waals surface area contributed by atoms with Crippen molar-refractivity contribution in [2.75, 3.05) is 0 Å². The molecular formula is C15H11NO2. The largest absolute Gasteiger partial charge is 0.478 e. The van der Waals surface area contributed by atoms with Gasteiger partial charge in [0.15, 0.2) is 0 Å². The molecule has 0 aromatic heterocycles. The van der Waals surface area contributed by atoms with Crippen molar-refractivity contribution in [1.82, 2.24) is 0 Å². The summed E-state index contributed by atoms with van der Waals surface area (Å²) in [6.45, 7) is 0. The average molecular weight is 237 g/mol. The highest BCUT2D eigenvalue weighted by Crippen LogP contribution is 2.30. The number of benzene rings is 1. The fraction of sp³-hybridized carbons (Fsp3) is 0.0667. The molecule has 0 atom stereocenters. The number of carbonyl (C=O) groups is 1. The first-order valence-electron chi connectivity index (χ1n) is 5.73. The molecule has 1 aliphatic carbocycles. The number of fused-ring (bicyclic) bond motifs is 1. The number of carboxylic acids is 1. The predicted molar refractivity (Wildman–Crippen MR) is 70.3 cm³/mol. The van der Waals surface area contributed by atoms with Crippen molar-refractivity contribution in [1.29, 1.82) is 0 Å². The molecule has 0 radical (unpaired) electrons. The number of allylic oxidation sites excluding steroid dienone is 4. The molecule has 3 rings (SSSR count). The van der Waals surface area contributed by atoms with E-state index in [1.165, 1.54) is 0 Å². The zero-order valence-corrected chi connectivity index (χ0v) is 9.63. The molecule has 0 fully saturated rings. The summed E-state index contributed by atoms with van der Waals surface area (Å²) in [5, 5.41) is 8.97. The molecule has 18 heavy (non-hydrogen) atoms. The lowest BCUT2D eigenvalue weighted by Crippen LogP contribution is -2.10. The number of carboxylic acid groups (broad SMARTS) is 1. The van der Waals surface area contributed by atoms with Crippen LogP contribution in [0, 0.1) is 0 Å². The van der Waals surface area contributed by atoms with E-state index in [9.17, 15) is 4.79 Å². The highest BCUT2D eigenvalue weighted by molar-refractivity contribution is 6.15. The number of rotatable bonds is 2. The minimum Gasteiger partial charge on any atom is -0.478 e. The Labute approximate surface area is 104 Å². The molecule has 0 bridgehead atoms. The third kappa shape index (κ3) is 1.80. The van der Waals surface area contributed by atoms with Gasteiger partial charge in [0.05, 0.1) is 11.4 Å². The SMILES string of the molecule is O=C(O)C1=CC=C2C=C(c3ccccc3)N=C2C1. The van der Waals surface area contributed by atoms with Gasteiger partial charge in [-0.1, -0.05) is 42.5 Å². The number of nitrogens with zero attached hydrogens (tertiary/aromatic N) is 1. The van der Waals surface area contributed by atoms with Crippen LogP contribution in [0.15, 0.2) is 64.7 Å². The van der Waals surface area contributed by atoms with E-state index in [1.807, 2.05) is 42.5 Å². The van der Waals surface area contributed by atoms with Gasteiger partial charge in [-0.2, -0.15) is 0 Å². The predicted octanol–water partition coefficient (Wildman–Crippen LogP) is 2.82. The molecule has 0 spiro atoms. The summed E-state index contributed by atoms with van der Waals surface area (Å²) in [4.78, 5) is 15.4. The zero-order chi connectivity index (χ0) is 12.5. The fourth-order valence-corrected chi connectivity index (χ4v) is 2.09. The van der Waals surface area contributed by atoms with Crippen molar-refractivity contribution in [2.24, 2.45) is 4.99 Å². The zero-order valence-electron chi connectivity index (χ0n) is 9.63. The molecule has 0 amide bonds. The second-order valence-corrected chi connectivity index (χ2v) is 4.25. The number of hydrogen-bond acceptors (Lipinski definition) is 2. The minimum atomic E-state index is -0.874. The van der Waals surface area contributed by atoms with Crippen LogP contribution in [-0.4, -0.2) is 16.8 Å². The van der Waals surface area contributed by atoms with Gasteiger partial charge in [0.1, 0.15) is 0 Å². The monoisotopic (exact) mass is 237 g/mol. The first-order valence-corrected chi connectivity index (χ1v) is 5.73. The van der Waals surface area contributed by atoms with Crippen LogP contribution in [-0.2, 0) is 4.79 Å². The van der Waals surface area contributed by atoms with E-state index in [2.05, 4.69) is 4.99 Å². The molecule has 3 heteroatoms. The van der Waals surface area contributed by atoms with Crippen LogP contribution in [0.5, 0.6) is 0 Å². The Kier molecular flexibility index (Phi) is 2.45. The molecule has 2 aliphatic rings. The van der Waals surface area contributed by atoms with Crippen molar-refractivity contribution in [2.45, 2.75) is 6.42 Å². The van der Waals surface area contributed by atoms with Gasteiger partial charge in [0, 0.05) is 17.6 Å². The van der Waals surface area contributed by atoms with Crippen LogP contribution < -0.4 is 0 Å². The molecule has 1 heterocycles. The van der Waals surface area contributed by atoms with E-state index in [-0.39, 0.29) is 0 Å². The van der Waals surface area contributed by atoms with Crippen LogP contribution in [0.4, 0.5) is 0 Å². The van der Waals surface area contributed by atoms with Gasteiger partial charge in [-0.3, -0.25) is 4.99 Å².